The Labute approximate surface area is 277 Å². The molecule has 0 radical (unpaired) electrons. The maximum atomic E-state index is 12.6. The van der Waals surface area contributed by atoms with Gasteiger partial charge >= 0.3 is 0 Å². The van der Waals surface area contributed by atoms with E-state index in [1.54, 1.807) is 7.11 Å². The first-order valence-corrected chi connectivity index (χ1v) is 17.0. The zero-order valence-electron chi connectivity index (χ0n) is 27.3. The SMILES string of the molecule is C=CC(=O)Nc1cc(Nc2cc(N3OCCC3c3ccccc3)ncn2)c(OC)cc1N1CCC(N2CCN(CC3CC3)CC2)CC1. The fraction of sp³-hybridized carbons (Fsp3) is 0.472. The molecule has 3 saturated heterocycles. The molecule has 2 N–H and O–H groups in total. The van der Waals surface area contributed by atoms with Gasteiger partial charge in [0, 0.05) is 70.4 Å². The number of rotatable bonds is 11. The van der Waals surface area contributed by atoms with Crippen molar-refractivity contribution < 1.29 is 14.4 Å². The average molecular weight is 639 g/mol. The van der Waals surface area contributed by atoms with Crippen molar-refractivity contribution in [1.82, 2.24) is 19.8 Å². The third kappa shape index (κ3) is 7.37. The van der Waals surface area contributed by atoms with Crippen molar-refractivity contribution in [2.75, 3.05) is 80.1 Å². The number of nitrogens with zero attached hydrogens (tertiary/aromatic N) is 6. The van der Waals surface area contributed by atoms with Gasteiger partial charge in [-0.05, 0) is 49.3 Å². The van der Waals surface area contributed by atoms with Crippen molar-refractivity contribution in [2.45, 2.75) is 44.2 Å². The number of piperidine rings is 1. The van der Waals surface area contributed by atoms with Gasteiger partial charge in [0.2, 0.25) is 5.91 Å². The number of hydrogen-bond donors (Lipinski definition) is 2. The second-order valence-corrected chi connectivity index (χ2v) is 13.0. The second-order valence-electron chi connectivity index (χ2n) is 13.0. The van der Waals surface area contributed by atoms with Gasteiger partial charge in [0.15, 0.2) is 5.82 Å². The predicted molar refractivity (Wildman–Crippen MR) is 185 cm³/mol. The number of anilines is 5. The monoisotopic (exact) mass is 638 g/mol. The number of nitrogens with one attached hydrogen (secondary N) is 2. The molecule has 47 heavy (non-hydrogen) atoms. The maximum absolute atomic E-state index is 12.6. The molecule has 1 unspecified atom stereocenters. The molecule has 11 nitrogen and oxygen atoms in total. The number of benzene rings is 2. The molecule has 1 amide bonds. The zero-order valence-corrected chi connectivity index (χ0v) is 27.3. The topological polar surface area (TPSA) is 98.3 Å². The molecule has 4 fully saturated rings. The van der Waals surface area contributed by atoms with Gasteiger partial charge in [-0.25, -0.2) is 15.0 Å². The molecule has 4 heterocycles. The molecule has 11 heteroatoms. The highest BCUT2D eigenvalue weighted by atomic mass is 16.7. The van der Waals surface area contributed by atoms with Crippen LogP contribution in [0, 0.1) is 5.92 Å². The Morgan fingerprint density at radius 3 is 2.49 bits per heavy atom. The first kappa shape index (κ1) is 31.4. The van der Waals surface area contributed by atoms with Crippen LogP contribution in [0.2, 0.25) is 0 Å². The molecule has 2 aromatic carbocycles. The summed E-state index contributed by atoms with van der Waals surface area (Å²) in [5, 5.41) is 8.31. The van der Waals surface area contributed by atoms with E-state index in [4.69, 9.17) is 9.57 Å². The van der Waals surface area contributed by atoms with E-state index < -0.39 is 0 Å². The lowest BCUT2D eigenvalue weighted by Crippen LogP contribution is -2.53. The summed E-state index contributed by atoms with van der Waals surface area (Å²) >= 11 is 0. The summed E-state index contributed by atoms with van der Waals surface area (Å²) < 4.78 is 5.88. The van der Waals surface area contributed by atoms with Gasteiger partial charge in [-0.2, -0.15) is 0 Å². The minimum absolute atomic E-state index is 0.0644. The van der Waals surface area contributed by atoms with Crippen molar-refractivity contribution in [2.24, 2.45) is 5.92 Å². The minimum atomic E-state index is -0.260. The van der Waals surface area contributed by atoms with Crippen LogP contribution < -0.4 is 25.3 Å². The first-order chi connectivity index (χ1) is 23.1. The Morgan fingerprint density at radius 1 is 0.979 bits per heavy atom. The van der Waals surface area contributed by atoms with Crippen molar-refractivity contribution >= 4 is 34.6 Å². The Hall–Kier alpha value is -4.19. The summed E-state index contributed by atoms with van der Waals surface area (Å²) in [5.74, 6) is 2.60. The molecule has 1 aromatic heterocycles. The van der Waals surface area contributed by atoms with Crippen LogP contribution in [-0.4, -0.2) is 91.2 Å². The van der Waals surface area contributed by atoms with Gasteiger partial charge < -0.3 is 25.2 Å². The van der Waals surface area contributed by atoms with E-state index in [1.807, 2.05) is 41.5 Å². The third-order valence-electron chi connectivity index (χ3n) is 9.93. The van der Waals surface area contributed by atoms with Crippen LogP contribution in [0.3, 0.4) is 0 Å². The third-order valence-corrected chi connectivity index (χ3v) is 9.93. The number of amides is 1. The van der Waals surface area contributed by atoms with Crippen LogP contribution in [0.4, 0.5) is 28.7 Å². The summed E-state index contributed by atoms with van der Waals surface area (Å²) in [7, 11) is 1.66. The van der Waals surface area contributed by atoms with Crippen molar-refractivity contribution in [1.29, 1.82) is 0 Å². The van der Waals surface area contributed by atoms with E-state index in [-0.39, 0.29) is 11.9 Å². The van der Waals surface area contributed by atoms with E-state index in [0.29, 0.717) is 41.4 Å². The van der Waals surface area contributed by atoms with Crippen molar-refractivity contribution in [3.63, 3.8) is 0 Å². The second kappa shape index (κ2) is 14.3. The number of hydroxylamine groups is 1. The summed E-state index contributed by atoms with van der Waals surface area (Å²) in [5.41, 5.74) is 3.50. The lowest BCUT2D eigenvalue weighted by atomic mass is 10.0. The van der Waals surface area contributed by atoms with Gasteiger partial charge in [-0.15, -0.1) is 0 Å². The summed E-state index contributed by atoms with van der Waals surface area (Å²) in [6.07, 6.45) is 8.71. The Balaban J connectivity index is 1.06. The van der Waals surface area contributed by atoms with E-state index in [1.165, 1.54) is 50.4 Å². The van der Waals surface area contributed by atoms with Crippen LogP contribution in [0.25, 0.3) is 0 Å². The Kier molecular flexibility index (Phi) is 9.55. The molecule has 1 saturated carbocycles. The number of aromatic nitrogens is 2. The highest BCUT2D eigenvalue weighted by Gasteiger charge is 2.32. The number of methoxy groups -OCH3 is 1. The van der Waals surface area contributed by atoms with Gasteiger partial charge in [0.05, 0.1) is 36.8 Å². The van der Waals surface area contributed by atoms with Crippen molar-refractivity contribution in [3.8, 4) is 5.75 Å². The fourth-order valence-electron chi connectivity index (χ4n) is 7.18. The molecule has 0 spiro atoms. The van der Waals surface area contributed by atoms with Crippen LogP contribution >= 0.6 is 0 Å². The van der Waals surface area contributed by atoms with Gasteiger partial charge in [-0.3, -0.25) is 14.5 Å². The number of piperazine rings is 1. The molecule has 4 aliphatic rings. The molecule has 1 aliphatic carbocycles. The molecule has 3 aliphatic heterocycles. The number of carbonyl (C=O) groups is 1. The highest BCUT2D eigenvalue weighted by molar-refractivity contribution is 6.02. The molecule has 3 aromatic rings. The van der Waals surface area contributed by atoms with E-state index in [2.05, 4.69) is 54.0 Å². The van der Waals surface area contributed by atoms with Crippen LogP contribution in [-0.2, 0) is 9.63 Å². The average Bonchev–Trinajstić information content (AvgIpc) is 3.80. The van der Waals surface area contributed by atoms with Crippen LogP contribution in [0.1, 0.15) is 43.7 Å². The maximum Gasteiger partial charge on any atom is 0.247 e. The lowest BCUT2D eigenvalue weighted by molar-refractivity contribution is -0.111. The molecule has 1 atom stereocenters. The Morgan fingerprint density at radius 2 is 1.77 bits per heavy atom. The zero-order chi connectivity index (χ0) is 32.2. The molecule has 0 bridgehead atoms. The summed E-state index contributed by atoms with van der Waals surface area (Å²) in [6.45, 7) is 12.1. The quantitative estimate of drug-likeness (QED) is 0.272. The predicted octanol–water partition coefficient (Wildman–Crippen LogP) is 5.23. The number of hydrogen-bond acceptors (Lipinski definition) is 10. The van der Waals surface area contributed by atoms with E-state index in [0.717, 1.165) is 57.0 Å². The van der Waals surface area contributed by atoms with E-state index >= 15 is 0 Å². The van der Waals surface area contributed by atoms with Gasteiger partial charge in [0.1, 0.15) is 17.9 Å². The lowest BCUT2D eigenvalue weighted by Gasteiger charge is -2.43. The molecular weight excluding hydrogens is 592 g/mol. The fourth-order valence-corrected chi connectivity index (χ4v) is 7.18. The van der Waals surface area contributed by atoms with Crippen LogP contribution in [0.15, 0.2) is 67.5 Å². The van der Waals surface area contributed by atoms with E-state index in [9.17, 15) is 4.79 Å². The molecular formula is C36H46N8O3. The Bertz CT molecular complexity index is 1530. The minimum Gasteiger partial charge on any atom is -0.494 e. The molecule has 248 valence electrons. The number of ether oxygens (including phenoxy) is 1. The van der Waals surface area contributed by atoms with Gasteiger partial charge in [0.25, 0.3) is 0 Å². The summed E-state index contributed by atoms with van der Waals surface area (Å²) in [6, 6.07) is 16.8. The first-order valence-electron chi connectivity index (χ1n) is 17.0. The molecule has 7 rings (SSSR count). The van der Waals surface area contributed by atoms with Crippen molar-refractivity contribution in [3.05, 3.63) is 73.1 Å². The summed E-state index contributed by atoms with van der Waals surface area (Å²) in [4.78, 5) is 35.3. The number of carbonyl (C=O) groups excluding carboxylic acids is 1. The largest absolute Gasteiger partial charge is 0.494 e. The van der Waals surface area contributed by atoms with Crippen LogP contribution in [0.5, 0.6) is 5.75 Å². The highest BCUT2D eigenvalue weighted by Crippen LogP contribution is 2.41. The van der Waals surface area contributed by atoms with Gasteiger partial charge in [-0.1, -0.05) is 36.9 Å². The standard InChI is InChI=1S/C36H46N8O3/c1-3-36(45)40-29-21-30(39-34-23-35(38-25-37-34)44-31(13-20-47-44)27-7-5-4-6-8-27)33(46-2)22-32(29)43-14-11-28(12-15-43)42-18-16-41(17-19-42)24-26-9-10-26/h3-8,21-23,25-26,28,31H,1,9-20,24H2,2H3,(H,40,45)(H,37,38,39). The smallest absolute Gasteiger partial charge is 0.247 e. The normalized spacial score (nSPS) is 21.1.